The van der Waals surface area contributed by atoms with E-state index >= 15 is 0 Å². The maximum atomic E-state index is 12.8. The van der Waals surface area contributed by atoms with Crippen LogP contribution in [0, 0.1) is 13.8 Å². The maximum absolute atomic E-state index is 12.8. The van der Waals surface area contributed by atoms with E-state index in [0.29, 0.717) is 29.7 Å². The quantitative estimate of drug-likeness (QED) is 0.728. The third-order valence-electron chi connectivity index (χ3n) is 5.18. The number of hydrogen-bond donors (Lipinski definition) is 1. The monoisotopic (exact) mass is 398 g/mol. The van der Waals surface area contributed by atoms with Gasteiger partial charge in [-0.2, -0.15) is 5.10 Å². The highest BCUT2D eigenvalue weighted by Gasteiger charge is 2.30. The summed E-state index contributed by atoms with van der Waals surface area (Å²) in [5.41, 5.74) is 2.93. The van der Waals surface area contributed by atoms with E-state index in [4.69, 9.17) is 0 Å². The van der Waals surface area contributed by atoms with Crippen molar-refractivity contribution in [1.82, 2.24) is 14.6 Å². The first-order valence-electron chi connectivity index (χ1n) is 9.33. The van der Waals surface area contributed by atoms with Gasteiger partial charge >= 0.3 is 0 Å². The molecular weight excluding hydrogens is 376 g/mol. The van der Waals surface area contributed by atoms with E-state index in [9.17, 15) is 13.2 Å². The molecule has 1 aliphatic rings. The van der Waals surface area contributed by atoms with Gasteiger partial charge in [0.1, 0.15) is 5.56 Å². The highest BCUT2D eigenvalue weighted by molar-refractivity contribution is 7.92. The number of nitrogens with zero attached hydrogens (tertiary/aromatic N) is 3. The Balaban J connectivity index is 1.62. The van der Waals surface area contributed by atoms with Crippen molar-refractivity contribution in [3.63, 3.8) is 0 Å². The molecule has 0 saturated heterocycles. The molecule has 8 heteroatoms. The second-order valence-electron chi connectivity index (χ2n) is 7.27. The summed E-state index contributed by atoms with van der Waals surface area (Å²) in [4.78, 5) is 17.4. The topological polar surface area (TPSA) is 93.4 Å². The van der Waals surface area contributed by atoms with Gasteiger partial charge in [-0.05, 0) is 51.0 Å². The molecule has 2 aromatic heterocycles. The summed E-state index contributed by atoms with van der Waals surface area (Å²) in [5, 5.41) is 6.68. The number of aryl methyl sites for hydroxylation is 2. The van der Waals surface area contributed by atoms with Crippen LogP contribution in [-0.4, -0.2) is 34.2 Å². The molecule has 146 valence electrons. The first-order valence-corrected chi connectivity index (χ1v) is 10.9. The third-order valence-corrected chi connectivity index (χ3v) is 7.44. The molecule has 1 saturated carbocycles. The fourth-order valence-corrected chi connectivity index (χ4v) is 5.67. The Hall–Kier alpha value is -2.74. The predicted octanol–water partition coefficient (Wildman–Crippen LogP) is 3.31. The molecule has 0 spiro atoms. The number of carbonyl (C=O) groups excluding carboxylic acids is 1. The van der Waals surface area contributed by atoms with Crippen LogP contribution < -0.4 is 5.32 Å². The lowest BCUT2D eigenvalue weighted by molar-refractivity contribution is 0.102. The zero-order valence-electron chi connectivity index (χ0n) is 15.8. The van der Waals surface area contributed by atoms with Gasteiger partial charge in [0.05, 0.1) is 16.3 Å². The Morgan fingerprint density at radius 2 is 1.93 bits per heavy atom. The number of carbonyl (C=O) groups is 1. The van der Waals surface area contributed by atoms with E-state index in [-0.39, 0.29) is 16.1 Å². The molecule has 1 amide bonds. The summed E-state index contributed by atoms with van der Waals surface area (Å²) in [6.45, 7) is 3.76. The van der Waals surface area contributed by atoms with Gasteiger partial charge in [-0.15, -0.1) is 0 Å². The van der Waals surface area contributed by atoms with Crippen LogP contribution in [0.15, 0.2) is 41.4 Å². The van der Waals surface area contributed by atoms with Crippen LogP contribution in [0.3, 0.4) is 0 Å². The standard InChI is InChI=1S/C20H22N4O3S/c1-13-10-14(2)24-19(22-13)18(12-21-24)20(25)23-15-6-5-9-17(11-15)28(26,27)16-7-3-4-8-16/h5-6,9-12,16H,3-4,7-8H2,1-2H3,(H,23,25). The van der Waals surface area contributed by atoms with E-state index in [1.54, 1.807) is 22.7 Å². The number of rotatable bonds is 4. The van der Waals surface area contributed by atoms with Crippen molar-refractivity contribution < 1.29 is 13.2 Å². The lowest BCUT2D eigenvalue weighted by Gasteiger charge is -2.12. The number of fused-ring (bicyclic) bond motifs is 1. The van der Waals surface area contributed by atoms with Crippen LogP contribution in [0.5, 0.6) is 0 Å². The van der Waals surface area contributed by atoms with Gasteiger partial charge in [0, 0.05) is 17.1 Å². The minimum Gasteiger partial charge on any atom is -0.322 e. The van der Waals surface area contributed by atoms with Crippen LogP contribution in [0.25, 0.3) is 5.65 Å². The number of sulfone groups is 1. The molecule has 2 heterocycles. The van der Waals surface area contributed by atoms with E-state index < -0.39 is 9.84 Å². The molecule has 1 fully saturated rings. The molecule has 0 unspecified atom stereocenters. The van der Waals surface area contributed by atoms with Gasteiger partial charge in [0.25, 0.3) is 5.91 Å². The Labute approximate surface area is 163 Å². The van der Waals surface area contributed by atoms with Crippen LogP contribution >= 0.6 is 0 Å². The minimum absolute atomic E-state index is 0.252. The molecule has 28 heavy (non-hydrogen) atoms. The Bertz CT molecular complexity index is 1160. The summed E-state index contributed by atoms with van der Waals surface area (Å²) in [6.07, 6.45) is 4.77. The molecule has 3 aromatic rings. The zero-order chi connectivity index (χ0) is 19.9. The summed E-state index contributed by atoms with van der Waals surface area (Å²) in [5.74, 6) is -0.372. The van der Waals surface area contributed by atoms with Crippen molar-refractivity contribution in [1.29, 1.82) is 0 Å². The molecule has 0 atom stereocenters. The zero-order valence-corrected chi connectivity index (χ0v) is 16.7. The Morgan fingerprint density at radius 1 is 1.18 bits per heavy atom. The van der Waals surface area contributed by atoms with Gasteiger partial charge in [-0.1, -0.05) is 18.9 Å². The van der Waals surface area contributed by atoms with Crippen LogP contribution in [0.1, 0.15) is 47.4 Å². The molecule has 0 aliphatic heterocycles. The number of anilines is 1. The first-order chi connectivity index (χ1) is 13.4. The lowest BCUT2D eigenvalue weighted by atomic mass is 10.2. The second kappa shape index (κ2) is 7.01. The molecular formula is C20H22N4O3S. The number of aromatic nitrogens is 3. The maximum Gasteiger partial charge on any atom is 0.261 e. The number of benzene rings is 1. The largest absolute Gasteiger partial charge is 0.322 e. The third kappa shape index (κ3) is 3.28. The van der Waals surface area contributed by atoms with Gasteiger partial charge in [0.2, 0.25) is 0 Å². The SMILES string of the molecule is Cc1cc(C)n2ncc(C(=O)Nc3cccc(S(=O)(=O)C4CCCC4)c3)c2n1. The smallest absolute Gasteiger partial charge is 0.261 e. The first kappa shape index (κ1) is 18.6. The fraction of sp³-hybridized carbons (Fsp3) is 0.350. The van der Waals surface area contributed by atoms with Gasteiger partial charge < -0.3 is 5.32 Å². The Kier molecular flexibility index (Phi) is 4.66. The van der Waals surface area contributed by atoms with Crippen LogP contribution in [0.4, 0.5) is 5.69 Å². The minimum atomic E-state index is -3.38. The summed E-state index contributed by atoms with van der Waals surface area (Å²) >= 11 is 0. The van der Waals surface area contributed by atoms with Crippen molar-refractivity contribution in [2.75, 3.05) is 5.32 Å². The highest BCUT2D eigenvalue weighted by atomic mass is 32.2. The summed E-state index contributed by atoms with van der Waals surface area (Å²) in [7, 11) is -3.38. The fourth-order valence-electron chi connectivity index (χ4n) is 3.77. The van der Waals surface area contributed by atoms with E-state index in [0.717, 1.165) is 24.2 Å². The van der Waals surface area contributed by atoms with Crippen molar-refractivity contribution in [3.05, 3.63) is 53.5 Å². The average molecular weight is 398 g/mol. The summed E-state index contributed by atoms with van der Waals surface area (Å²) in [6, 6.07) is 8.34. The predicted molar refractivity (Wildman–Crippen MR) is 106 cm³/mol. The molecule has 7 nitrogen and oxygen atoms in total. The average Bonchev–Trinajstić information content (AvgIpc) is 3.32. The normalized spacial score (nSPS) is 15.2. The van der Waals surface area contributed by atoms with Crippen molar-refractivity contribution >= 4 is 27.1 Å². The molecule has 0 radical (unpaired) electrons. The number of hydrogen-bond acceptors (Lipinski definition) is 5. The van der Waals surface area contributed by atoms with E-state index in [1.807, 2.05) is 19.9 Å². The van der Waals surface area contributed by atoms with E-state index in [2.05, 4.69) is 15.4 Å². The molecule has 1 aliphatic carbocycles. The van der Waals surface area contributed by atoms with Crippen molar-refractivity contribution in [2.45, 2.75) is 49.7 Å². The number of nitrogens with one attached hydrogen (secondary N) is 1. The molecule has 1 N–H and O–H groups in total. The van der Waals surface area contributed by atoms with E-state index in [1.165, 1.54) is 12.3 Å². The number of amides is 1. The van der Waals surface area contributed by atoms with Crippen molar-refractivity contribution in [3.8, 4) is 0 Å². The summed E-state index contributed by atoms with van der Waals surface area (Å²) < 4.78 is 27.2. The molecule has 0 bridgehead atoms. The van der Waals surface area contributed by atoms with Gasteiger partial charge in [0.15, 0.2) is 15.5 Å². The highest BCUT2D eigenvalue weighted by Crippen LogP contribution is 2.30. The van der Waals surface area contributed by atoms with Gasteiger partial charge in [-0.3, -0.25) is 4.79 Å². The Morgan fingerprint density at radius 3 is 2.68 bits per heavy atom. The van der Waals surface area contributed by atoms with Crippen LogP contribution in [-0.2, 0) is 9.84 Å². The second-order valence-corrected chi connectivity index (χ2v) is 9.49. The molecule has 1 aromatic carbocycles. The van der Waals surface area contributed by atoms with Crippen LogP contribution in [0.2, 0.25) is 0 Å². The lowest BCUT2D eigenvalue weighted by Crippen LogP contribution is -2.18. The van der Waals surface area contributed by atoms with Gasteiger partial charge in [-0.25, -0.2) is 17.9 Å². The molecule has 4 rings (SSSR count). The van der Waals surface area contributed by atoms with Crippen molar-refractivity contribution in [2.24, 2.45) is 0 Å².